The van der Waals surface area contributed by atoms with Crippen molar-refractivity contribution in [2.24, 2.45) is 10.4 Å². The highest BCUT2D eigenvalue weighted by Crippen LogP contribution is 2.43. The molecule has 0 atom stereocenters. The van der Waals surface area contributed by atoms with Gasteiger partial charge >= 0.3 is 0 Å². The maximum Gasteiger partial charge on any atom is 0.285 e. The number of aliphatic hydroxyl groups is 1. The van der Waals surface area contributed by atoms with E-state index in [1.54, 1.807) is 6.20 Å². The van der Waals surface area contributed by atoms with Crippen LogP contribution in [0.2, 0.25) is 0 Å². The fraction of sp³-hybridized carbons (Fsp3) is 0.550. The van der Waals surface area contributed by atoms with Crippen LogP contribution in [0.15, 0.2) is 39.8 Å². The summed E-state index contributed by atoms with van der Waals surface area (Å²) in [5, 5.41) is 24.6. The Bertz CT molecular complexity index is 971. The molecule has 172 valence electrons. The van der Waals surface area contributed by atoms with E-state index < -0.39 is 17.2 Å². The maximum atomic E-state index is 12.7. The molecule has 8 nitrogen and oxygen atoms in total. The van der Waals surface area contributed by atoms with Crippen molar-refractivity contribution in [2.75, 3.05) is 32.8 Å². The van der Waals surface area contributed by atoms with Crippen molar-refractivity contribution in [1.29, 1.82) is 10.8 Å². The molecule has 4 aliphatic heterocycles. The summed E-state index contributed by atoms with van der Waals surface area (Å²) in [6.07, 6.45) is 5.27. The molecule has 0 unspecified atom stereocenters. The highest BCUT2D eigenvalue weighted by atomic mass is 32.2. The lowest BCUT2D eigenvalue weighted by Crippen LogP contribution is -2.45. The predicted octanol–water partition coefficient (Wildman–Crippen LogP) is 2.72. The normalized spacial score (nSPS) is 25.0. The number of likely N-dealkylation sites (tertiary alicyclic amines) is 1. The van der Waals surface area contributed by atoms with Crippen LogP contribution < -0.4 is 4.72 Å². The zero-order valence-electron chi connectivity index (χ0n) is 17.2. The Hall–Kier alpha value is -1.73. The van der Waals surface area contributed by atoms with Crippen LogP contribution in [0.1, 0.15) is 19.3 Å². The number of allylic oxidation sites excluding steroid dienone is 1. The quantitative estimate of drug-likeness (QED) is 0.200. The maximum absolute atomic E-state index is 12.7. The van der Waals surface area contributed by atoms with E-state index in [1.165, 1.54) is 11.9 Å². The summed E-state index contributed by atoms with van der Waals surface area (Å²) in [6, 6.07) is 0. The van der Waals surface area contributed by atoms with Crippen LogP contribution in [-0.2, 0) is 4.74 Å². The summed E-state index contributed by atoms with van der Waals surface area (Å²) >= 11 is 1.79. The van der Waals surface area contributed by atoms with Gasteiger partial charge in [0.2, 0.25) is 0 Å². The molecule has 0 aromatic carbocycles. The number of nitrogens with one attached hydrogen (secondary N) is 3. The molecule has 1 saturated carbocycles. The molecule has 1 aliphatic carbocycles. The molecule has 0 aromatic heterocycles. The van der Waals surface area contributed by atoms with Crippen molar-refractivity contribution in [3.63, 3.8) is 0 Å². The predicted molar refractivity (Wildman–Crippen MR) is 122 cm³/mol. The Morgan fingerprint density at radius 1 is 1.25 bits per heavy atom. The van der Waals surface area contributed by atoms with Gasteiger partial charge in [0.1, 0.15) is 15.8 Å². The second-order valence-corrected chi connectivity index (χ2v) is 10.7. The van der Waals surface area contributed by atoms with Crippen LogP contribution in [0.5, 0.6) is 0 Å². The molecule has 0 bridgehead atoms. The first-order chi connectivity index (χ1) is 15.3. The van der Waals surface area contributed by atoms with E-state index in [1.807, 2.05) is 11.1 Å². The molecule has 0 amide bonds. The van der Waals surface area contributed by atoms with E-state index in [-0.39, 0.29) is 17.0 Å². The first-order valence-electron chi connectivity index (χ1n) is 10.4. The molecule has 5 aliphatic rings. The summed E-state index contributed by atoms with van der Waals surface area (Å²) in [4.78, 5) is 9.57. The van der Waals surface area contributed by atoms with Crippen molar-refractivity contribution in [3.05, 3.63) is 34.8 Å². The minimum atomic E-state index is -2.90. The number of alkyl halides is 2. The molecule has 4 N–H and O–H groups in total. The second kappa shape index (κ2) is 8.24. The number of fused-ring (bicyclic) bond motifs is 1. The van der Waals surface area contributed by atoms with Gasteiger partial charge in [-0.3, -0.25) is 15.8 Å². The number of halogens is 2. The van der Waals surface area contributed by atoms with Gasteiger partial charge in [0, 0.05) is 29.6 Å². The number of nitrogens with zero attached hydrogens (tertiary/aromatic N) is 3. The fourth-order valence-corrected chi connectivity index (χ4v) is 5.43. The van der Waals surface area contributed by atoms with Crippen LogP contribution in [0.3, 0.4) is 0 Å². The molecule has 0 radical (unpaired) electrons. The highest BCUT2D eigenvalue weighted by molar-refractivity contribution is 8.28. The molecule has 1 spiro atoms. The zero-order valence-corrected chi connectivity index (χ0v) is 18.9. The first-order valence-corrected chi connectivity index (χ1v) is 12.0. The Balaban J connectivity index is 1.38. The molecule has 3 fully saturated rings. The minimum absolute atomic E-state index is 0.151. The summed E-state index contributed by atoms with van der Waals surface area (Å²) in [5.74, 6) is 0. The van der Waals surface area contributed by atoms with Gasteiger partial charge in [0.05, 0.1) is 43.1 Å². The molecule has 12 heteroatoms. The second-order valence-electron chi connectivity index (χ2n) is 8.78. The van der Waals surface area contributed by atoms with E-state index in [0.29, 0.717) is 30.3 Å². The van der Waals surface area contributed by atoms with Gasteiger partial charge in [-0.1, -0.05) is 0 Å². The van der Waals surface area contributed by atoms with Gasteiger partial charge in [0.25, 0.3) is 6.43 Å². The molecule has 0 aromatic rings. The minimum Gasteiger partial charge on any atom is -0.380 e. The Labute approximate surface area is 193 Å². The van der Waals surface area contributed by atoms with E-state index in [0.717, 1.165) is 49.0 Å². The third-order valence-corrected chi connectivity index (χ3v) is 7.93. The highest BCUT2D eigenvalue weighted by Gasteiger charge is 2.46. The summed E-state index contributed by atoms with van der Waals surface area (Å²) in [7, 11) is 0. The van der Waals surface area contributed by atoms with E-state index in [9.17, 15) is 13.9 Å². The number of hydrogen-bond donors (Lipinski definition) is 4. The Kier molecular flexibility index (Phi) is 5.69. The first kappa shape index (κ1) is 22.1. The van der Waals surface area contributed by atoms with Crippen LogP contribution in [0.4, 0.5) is 8.78 Å². The SMILES string of the molecule is N=C(SC(=N)C(F)F)C1=NC=C2C(N3CCC4(COC4)C3)=CC(SNC3(O)CC3)=CN2C1. The fourth-order valence-electron chi connectivity index (χ4n) is 4.02. The van der Waals surface area contributed by atoms with Crippen LogP contribution in [0.25, 0.3) is 0 Å². The third kappa shape index (κ3) is 4.38. The molecule has 32 heavy (non-hydrogen) atoms. The van der Waals surface area contributed by atoms with Crippen molar-refractivity contribution in [1.82, 2.24) is 14.5 Å². The van der Waals surface area contributed by atoms with Crippen LogP contribution in [-0.4, -0.2) is 75.7 Å². The molecule has 5 rings (SSSR count). The van der Waals surface area contributed by atoms with Crippen LogP contribution in [0, 0.1) is 16.2 Å². The molecular weight excluding hydrogens is 458 g/mol. The van der Waals surface area contributed by atoms with Gasteiger partial charge in [-0.15, -0.1) is 0 Å². The largest absolute Gasteiger partial charge is 0.380 e. The van der Waals surface area contributed by atoms with Crippen molar-refractivity contribution in [3.8, 4) is 0 Å². The average Bonchev–Trinajstić information content (AvgIpc) is 3.30. The molecule has 2 saturated heterocycles. The van der Waals surface area contributed by atoms with Crippen molar-refractivity contribution >= 4 is 39.5 Å². The summed E-state index contributed by atoms with van der Waals surface area (Å²) in [6.45, 7) is 3.61. The number of hydrogen-bond acceptors (Lipinski definition) is 10. The third-order valence-electron chi connectivity index (χ3n) is 6.15. The number of aliphatic imine (C=N–C) groups is 1. The van der Waals surface area contributed by atoms with Gasteiger partial charge in [-0.2, -0.15) is 0 Å². The van der Waals surface area contributed by atoms with Crippen LogP contribution >= 0.6 is 23.7 Å². The van der Waals surface area contributed by atoms with Gasteiger partial charge in [0.15, 0.2) is 0 Å². The molecule has 4 heterocycles. The monoisotopic (exact) mass is 482 g/mol. The topological polar surface area (TPSA) is 108 Å². The number of ether oxygens (including phenoxy) is 1. The van der Waals surface area contributed by atoms with Crippen molar-refractivity contribution < 1.29 is 18.6 Å². The standard InChI is InChI=1S/C20H24F2N6O2S2/c21-16(22)18(24)31-17(23)13-8-28-7-12(32-26-20(29)1-2-20)5-14(15(28)6-25-13)27-4-3-19(9-27)10-30-11-19/h5-7,16,23-24,26,29H,1-4,8-11H2. The molecular formula is C20H24F2N6O2S2. The van der Waals surface area contributed by atoms with Gasteiger partial charge in [-0.25, -0.2) is 13.5 Å². The average molecular weight is 483 g/mol. The van der Waals surface area contributed by atoms with E-state index in [4.69, 9.17) is 15.6 Å². The van der Waals surface area contributed by atoms with E-state index in [2.05, 4.69) is 20.7 Å². The lowest BCUT2D eigenvalue weighted by atomic mass is 9.85. The summed E-state index contributed by atoms with van der Waals surface area (Å²) in [5.41, 5.74) is 1.64. The number of rotatable bonds is 6. The Morgan fingerprint density at radius 2 is 2.03 bits per heavy atom. The lowest BCUT2D eigenvalue weighted by molar-refractivity contribution is -0.103. The summed E-state index contributed by atoms with van der Waals surface area (Å²) < 4.78 is 34.0. The lowest BCUT2D eigenvalue weighted by Gasteiger charge is -2.40. The Morgan fingerprint density at radius 3 is 2.66 bits per heavy atom. The van der Waals surface area contributed by atoms with E-state index >= 15 is 0 Å². The number of thioether (sulfide) groups is 1. The van der Waals surface area contributed by atoms with Gasteiger partial charge in [-0.05, 0) is 49.0 Å². The smallest absolute Gasteiger partial charge is 0.285 e. The van der Waals surface area contributed by atoms with Crippen molar-refractivity contribution in [2.45, 2.75) is 31.4 Å². The zero-order chi connectivity index (χ0) is 22.5. The van der Waals surface area contributed by atoms with Gasteiger partial charge < -0.3 is 19.6 Å².